The number of aromatic nitrogens is 2. The highest BCUT2D eigenvalue weighted by molar-refractivity contribution is 6.15. The minimum atomic E-state index is 0.734. The van der Waals surface area contributed by atoms with Crippen molar-refractivity contribution in [2.45, 2.75) is 26.2 Å². The van der Waals surface area contributed by atoms with Crippen LogP contribution in [0.2, 0.25) is 0 Å². The molecular formula is C30H39N7. The van der Waals surface area contributed by atoms with Gasteiger partial charge < -0.3 is 20.4 Å². The minimum Gasteiger partial charge on any atom is -0.370 e. The molecule has 2 N–H and O–H groups in total. The lowest BCUT2D eigenvalue weighted by Crippen LogP contribution is -2.29. The van der Waals surface area contributed by atoms with E-state index in [0.717, 1.165) is 71.3 Å². The Kier molecular flexibility index (Phi) is 8.90. The molecule has 3 heterocycles. The van der Waals surface area contributed by atoms with Gasteiger partial charge in [0.2, 0.25) is 0 Å². The molecule has 37 heavy (non-hydrogen) atoms. The van der Waals surface area contributed by atoms with Crippen LogP contribution in [0.25, 0.3) is 11.1 Å². The molecule has 0 spiro atoms. The van der Waals surface area contributed by atoms with Gasteiger partial charge in [-0.15, -0.1) is 0 Å². The Balaban J connectivity index is 1.49. The summed E-state index contributed by atoms with van der Waals surface area (Å²) >= 11 is 0. The summed E-state index contributed by atoms with van der Waals surface area (Å²) in [5, 5.41) is 6.72. The Morgan fingerprint density at radius 2 is 1.84 bits per heavy atom. The van der Waals surface area contributed by atoms with Crippen molar-refractivity contribution in [2.75, 3.05) is 62.9 Å². The average Bonchev–Trinajstić information content (AvgIpc) is 2.91. The number of pyridine rings is 2. The fourth-order valence-corrected chi connectivity index (χ4v) is 4.60. The Morgan fingerprint density at radius 1 is 1.03 bits per heavy atom. The molecule has 1 aromatic carbocycles. The molecular weight excluding hydrogens is 458 g/mol. The maximum atomic E-state index is 4.61. The summed E-state index contributed by atoms with van der Waals surface area (Å²) in [4.78, 5) is 18.3. The number of likely N-dealkylation sites (N-methyl/N-ethyl adjacent to an activating group) is 1. The molecule has 0 saturated carbocycles. The van der Waals surface area contributed by atoms with E-state index in [1.54, 1.807) is 0 Å². The van der Waals surface area contributed by atoms with Crippen LogP contribution in [0.5, 0.6) is 0 Å². The Hall–Kier alpha value is -3.71. The number of nitrogens with one attached hydrogen (secondary N) is 2. The van der Waals surface area contributed by atoms with E-state index in [2.05, 4.69) is 87.3 Å². The van der Waals surface area contributed by atoms with Gasteiger partial charge in [0.05, 0.1) is 35.2 Å². The molecule has 1 aliphatic rings. The van der Waals surface area contributed by atoms with E-state index in [-0.39, 0.29) is 0 Å². The SMILES string of the molecule is C=C(Nc1ccc(NCCN(C)C)nc1)C(=NC)c1cc(-c2cncc(N3CCCCC3)c2)ccc1C. The Morgan fingerprint density at radius 3 is 2.54 bits per heavy atom. The normalized spacial score (nSPS) is 14.1. The van der Waals surface area contributed by atoms with E-state index in [0.29, 0.717) is 0 Å². The van der Waals surface area contributed by atoms with Gasteiger partial charge in [0.1, 0.15) is 5.82 Å². The molecule has 0 bridgehead atoms. The number of nitrogens with zero attached hydrogens (tertiary/aromatic N) is 5. The van der Waals surface area contributed by atoms with Gasteiger partial charge >= 0.3 is 0 Å². The quantitative estimate of drug-likeness (QED) is 0.363. The molecule has 1 saturated heterocycles. The zero-order chi connectivity index (χ0) is 26.2. The van der Waals surface area contributed by atoms with Crippen molar-refractivity contribution >= 4 is 22.9 Å². The van der Waals surface area contributed by atoms with E-state index in [1.807, 2.05) is 37.8 Å². The Bertz CT molecular complexity index is 1220. The van der Waals surface area contributed by atoms with Crippen LogP contribution in [0.3, 0.4) is 0 Å². The first-order valence-corrected chi connectivity index (χ1v) is 13.0. The van der Waals surface area contributed by atoms with Crippen molar-refractivity contribution in [3.63, 3.8) is 0 Å². The number of hydrogen-bond donors (Lipinski definition) is 2. The van der Waals surface area contributed by atoms with Crippen LogP contribution in [0, 0.1) is 6.92 Å². The van der Waals surface area contributed by atoms with Crippen LogP contribution in [0.15, 0.2) is 72.3 Å². The molecule has 7 nitrogen and oxygen atoms in total. The van der Waals surface area contributed by atoms with Crippen LogP contribution in [0.4, 0.5) is 17.2 Å². The molecule has 0 unspecified atom stereocenters. The number of rotatable bonds is 10. The maximum absolute atomic E-state index is 4.61. The van der Waals surface area contributed by atoms with Crippen LogP contribution >= 0.6 is 0 Å². The van der Waals surface area contributed by atoms with Gasteiger partial charge in [0, 0.05) is 50.6 Å². The fourth-order valence-electron chi connectivity index (χ4n) is 4.60. The largest absolute Gasteiger partial charge is 0.370 e. The molecule has 194 valence electrons. The third-order valence-electron chi connectivity index (χ3n) is 6.70. The van der Waals surface area contributed by atoms with E-state index in [4.69, 9.17) is 0 Å². The Labute approximate surface area is 221 Å². The third kappa shape index (κ3) is 6.95. The first-order valence-electron chi connectivity index (χ1n) is 13.0. The summed E-state index contributed by atoms with van der Waals surface area (Å²) in [6.45, 7) is 10.4. The molecule has 0 radical (unpaired) electrons. The van der Waals surface area contributed by atoms with Gasteiger partial charge in [-0.25, -0.2) is 4.98 Å². The number of benzene rings is 1. The lowest BCUT2D eigenvalue weighted by atomic mass is 9.96. The van der Waals surface area contributed by atoms with E-state index < -0.39 is 0 Å². The lowest BCUT2D eigenvalue weighted by molar-refractivity contribution is 0.425. The predicted octanol–water partition coefficient (Wildman–Crippen LogP) is 5.46. The highest BCUT2D eigenvalue weighted by Gasteiger charge is 2.15. The summed E-state index contributed by atoms with van der Waals surface area (Å²) in [6.07, 6.45) is 9.54. The fraction of sp³-hybridized carbons (Fsp3) is 0.367. The second kappa shape index (κ2) is 12.5. The van der Waals surface area contributed by atoms with Crippen molar-refractivity contribution in [3.8, 4) is 11.1 Å². The topological polar surface area (TPSA) is 68.7 Å². The molecule has 0 aliphatic carbocycles. The number of aryl methyl sites for hydroxylation is 1. The second-order valence-corrected chi connectivity index (χ2v) is 9.85. The van der Waals surface area contributed by atoms with E-state index >= 15 is 0 Å². The first kappa shape index (κ1) is 26.4. The minimum absolute atomic E-state index is 0.734. The smallest absolute Gasteiger partial charge is 0.126 e. The third-order valence-corrected chi connectivity index (χ3v) is 6.70. The summed E-state index contributed by atoms with van der Waals surface area (Å²) in [6, 6.07) is 12.7. The van der Waals surface area contributed by atoms with Crippen molar-refractivity contribution in [2.24, 2.45) is 4.99 Å². The summed E-state index contributed by atoms with van der Waals surface area (Å²) in [5.74, 6) is 0.853. The summed E-state index contributed by atoms with van der Waals surface area (Å²) < 4.78 is 0. The van der Waals surface area contributed by atoms with Crippen molar-refractivity contribution in [1.82, 2.24) is 14.9 Å². The van der Waals surface area contributed by atoms with Crippen molar-refractivity contribution in [1.29, 1.82) is 0 Å². The van der Waals surface area contributed by atoms with Gasteiger partial charge in [0.15, 0.2) is 0 Å². The standard InChI is InChI=1S/C30H39N7/c1-22-9-10-24(25-17-27(21-32-19-25)37-14-7-6-8-15-37)18-28(22)30(31-3)23(2)35-26-11-12-29(34-20-26)33-13-16-36(4)5/h9-12,17-21,35H,2,6-8,13-16H2,1,3-5H3,(H,33,34). The monoisotopic (exact) mass is 497 g/mol. The van der Waals surface area contributed by atoms with Crippen LogP contribution < -0.4 is 15.5 Å². The van der Waals surface area contributed by atoms with Gasteiger partial charge in [-0.1, -0.05) is 18.7 Å². The molecule has 4 rings (SSSR count). The van der Waals surface area contributed by atoms with E-state index in [9.17, 15) is 0 Å². The number of aliphatic imine (C=N–C) groups is 1. The zero-order valence-electron chi connectivity index (χ0n) is 22.6. The highest BCUT2D eigenvalue weighted by Crippen LogP contribution is 2.28. The molecule has 1 fully saturated rings. The first-order chi connectivity index (χ1) is 17.9. The lowest BCUT2D eigenvalue weighted by Gasteiger charge is -2.28. The molecule has 7 heteroatoms. The van der Waals surface area contributed by atoms with Gasteiger partial charge in [0.25, 0.3) is 0 Å². The van der Waals surface area contributed by atoms with Gasteiger partial charge in [-0.2, -0.15) is 0 Å². The molecule has 0 amide bonds. The predicted molar refractivity (Wildman–Crippen MR) is 157 cm³/mol. The second-order valence-electron chi connectivity index (χ2n) is 9.85. The maximum Gasteiger partial charge on any atom is 0.126 e. The highest BCUT2D eigenvalue weighted by atomic mass is 15.1. The van der Waals surface area contributed by atoms with Crippen molar-refractivity contribution in [3.05, 3.63) is 78.4 Å². The number of anilines is 3. The van der Waals surface area contributed by atoms with Crippen LogP contribution in [-0.4, -0.2) is 67.9 Å². The molecule has 3 aromatic rings. The number of allylic oxidation sites excluding steroid dienone is 1. The molecule has 1 aliphatic heterocycles. The summed E-state index contributed by atoms with van der Waals surface area (Å²) in [7, 11) is 5.92. The zero-order valence-corrected chi connectivity index (χ0v) is 22.6. The average molecular weight is 498 g/mol. The van der Waals surface area contributed by atoms with Crippen LogP contribution in [0.1, 0.15) is 30.4 Å². The number of piperidine rings is 1. The summed E-state index contributed by atoms with van der Waals surface area (Å²) in [5.41, 5.74) is 8.06. The van der Waals surface area contributed by atoms with Gasteiger partial charge in [-0.05, 0) is 75.7 Å². The van der Waals surface area contributed by atoms with Crippen molar-refractivity contribution < 1.29 is 0 Å². The molecule has 0 atom stereocenters. The number of hydrogen-bond acceptors (Lipinski definition) is 7. The molecule has 2 aromatic heterocycles. The van der Waals surface area contributed by atoms with Crippen LogP contribution in [-0.2, 0) is 0 Å². The van der Waals surface area contributed by atoms with E-state index in [1.165, 1.54) is 24.9 Å². The van der Waals surface area contributed by atoms with Gasteiger partial charge in [-0.3, -0.25) is 9.98 Å².